The number of ether oxygens (including phenoxy) is 3. The summed E-state index contributed by atoms with van der Waals surface area (Å²) in [6, 6.07) is 5.53. The number of benzene rings is 1. The number of nitrogens with zero attached hydrogens (tertiary/aromatic N) is 1. The van der Waals surface area contributed by atoms with Gasteiger partial charge in [-0.3, -0.25) is 9.69 Å². The average Bonchev–Trinajstić information content (AvgIpc) is 2.69. The zero-order valence-electron chi connectivity index (χ0n) is 15.4. The molecular formula is C20H28N2O4. The first kappa shape index (κ1) is 20.0. The van der Waals surface area contributed by atoms with Crippen LogP contribution in [0.25, 0.3) is 6.08 Å². The molecule has 1 aromatic carbocycles. The van der Waals surface area contributed by atoms with Gasteiger partial charge in [0.2, 0.25) is 5.91 Å². The van der Waals surface area contributed by atoms with Gasteiger partial charge in [-0.2, -0.15) is 0 Å². The molecule has 0 saturated carbocycles. The molecule has 0 radical (unpaired) electrons. The summed E-state index contributed by atoms with van der Waals surface area (Å²) in [6.45, 7) is 9.24. The molecule has 6 nitrogen and oxygen atoms in total. The fraction of sp³-hybridized carbons (Fsp3) is 0.450. The van der Waals surface area contributed by atoms with Crippen molar-refractivity contribution in [2.75, 3.05) is 53.1 Å². The SMILES string of the molecule is C=CCOc1ccc(/C=C/C(=O)NCCCN2CCOCC2)cc1OC. The van der Waals surface area contributed by atoms with E-state index >= 15 is 0 Å². The van der Waals surface area contributed by atoms with Crippen LogP contribution in [0.5, 0.6) is 11.5 Å². The minimum Gasteiger partial charge on any atom is -0.493 e. The minimum atomic E-state index is -0.0991. The van der Waals surface area contributed by atoms with Crippen LogP contribution >= 0.6 is 0 Å². The van der Waals surface area contributed by atoms with E-state index in [9.17, 15) is 4.79 Å². The van der Waals surface area contributed by atoms with Gasteiger partial charge >= 0.3 is 0 Å². The zero-order chi connectivity index (χ0) is 18.6. The molecule has 142 valence electrons. The van der Waals surface area contributed by atoms with Crippen molar-refractivity contribution in [2.24, 2.45) is 0 Å². The lowest BCUT2D eigenvalue weighted by molar-refractivity contribution is -0.116. The van der Waals surface area contributed by atoms with Gasteiger partial charge in [-0.05, 0) is 36.7 Å². The number of carbonyl (C=O) groups excluding carboxylic acids is 1. The number of hydrogen-bond donors (Lipinski definition) is 1. The second-order valence-corrected chi connectivity index (χ2v) is 5.94. The molecule has 1 saturated heterocycles. The van der Waals surface area contributed by atoms with Crippen LogP contribution in [0.1, 0.15) is 12.0 Å². The first-order valence-corrected chi connectivity index (χ1v) is 8.90. The third kappa shape index (κ3) is 6.90. The monoisotopic (exact) mass is 360 g/mol. The summed E-state index contributed by atoms with van der Waals surface area (Å²) in [5.41, 5.74) is 0.872. The molecule has 2 rings (SSSR count). The summed E-state index contributed by atoms with van der Waals surface area (Å²) in [5, 5.41) is 2.91. The Kier molecular flexibility index (Phi) is 8.72. The summed E-state index contributed by atoms with van der Waals surface area (Å²) in [7, 11) is 1.59. The van der Waals surface area contributed by atoms with Crippen LogP contribution in [0.3, 0.4) is 0 Å². The Hall–Kier alpha value is -2.31. The Labute approximate surface area is 155 Å². The van der Waals surface area contributed by atoms with Crippen LogP contribution in [0, 0.1) is 0 Å². The van der Waals surface area contributed by atoms with Crippen LogP contribution in [-0.4, -0.2) is 63.9 Å². The van der Waals surface area contributed by atoms with E-state index in [1.807, 2.05) is 18.2 Å². The molecule has 1 aliphatic rings. The predicted octanol–water partition coefficient (Wildman–Crippen LogP) is 2.11. The lowest BCUT2D eigenvalue weighted by Gasteiger charge is -2.26. The largest absolute Gasteiger partial charge is 0.493 e. The van der Waals surface area contributed by atoms with Gasteiger partial charge in [0.15, 0.2) is 11.5 Å². The quantitative estimate of drug-likeness (QED) is 0.393. The minimum absolute atomic E-state index is 0.0991. The lowest BCUT2D eigenvalue weighted by atomic mass is 10.2. The standard InChI is InChI=1S/C20H28N2O4/c1-3-13-26-18-7-5-17(16-19(18)24-2)6-8-20(23)21-9-4-10-22-11-14-25-15-12-22/h3,5-8,16H,1,4,9-15H2,2H3,(H,21,23)/b8-6+. The number of morpholine rings is 1. The van der Waals surface area contributed by atoms with E-state index < -0.39 is 0 Å². The predicted molar refractivity (Wildman–Crippen MR) is 103 cm³/mol. The topological polar surface area (TPSA) is 60.0 Å². The lowest BCUT2D eigenvalue weighted by Crippen LogP contribution is -2.38. The van der Waals surface area contributed by atoms with E-state index in [-0.39, 0.29) is 5.91 Å². The molecule has 0 unspecified atom stereocenters. The van der Waals surface area contributed by atoms with Crippen LogP contribution in [0.2, 0.25) is 0 Å². The maximum atomic E-state index is 11.9. The first-order chi connectivity index (χ1) is 12.7. The highest BCUT2D eigenvalue weighted by atomic mass is 16.5. The maximum absolute atomic E-state index is 11.9. The molecular weight excluding hydrogens is 332 g/mol. The van der Waals surface area contributed by atoms with Gasteiger partial charge in [0, 0.05) is 25.7 Å². The average molecular weight is 360 g/mol. The number of hydrogen-bond acceptors (Lipinski definition) is 5. The molecule has 1 fully saturated rings. The van der Waals surface area contributed by atoms with E-state index in [0.29, 0.717) is 24.7 Å². The zero-order valence-corrected chi connectivity index (χ0v) is 15.4. The van der Waals surface area contributed by atoms with Crippen molar-refractivity contribution in [1.82, 2.24) is 10.2 Å². The van der Waals surface area contributed by atoms with Crippen molar-refractivity contribution in [2.45, 2.75) is 6.42 Å². The highest BCUT2D eigenvalue weighted by molar-refractivity contribution is 5.91. The molecule has 0 atom stereocenters. The van der Waals surface area contributed by atoms with Crippen molar-refractivity contribution in [3.8, 4) is 11.5 Å². The summed E-state index contributed by atoms with van der Waals surface area (Å²) < 4.78 is 16.2. The van der Waals surface area contributed by atoms with Gasteiger partial charge in [0.1, 0.15) is 6.61 Å². The summed E-state index contributed by atoms with van der Waals surface area (Å²) in [4.78, 5) is 14.3. The molecule has 0 aromatic heterocycles. The van der Waals surface area contributed by atoms with Crippen LogP contribution in [-0.2, 0) is 9.53 Å². The van der Waals surface area contributed by atoms with E-state index in [1.54, 1.807) is 19.3 Å². The highest BCUT2D eigenvalue weighted by Crippen LogP contribution is 2.28. The van der Waals surface area contributed by atoms with E-state index in [0.717, 1.165) is 44.8 Å². The molecule has 0 spiro atoms. The Bertz CT molecular complexity index is 610. The molecule has 1 aromatic rings. The van der Waals surface area contributed by atoms with Crippen LogP contribution in [0.15, 0.2) is 36.9 Å². The first-order valence-electron chi connectivity index (χ1n) is 8.90. The molecule has 1 N–H and O–H groups in total. The fourth-order valence-electron chi connectivity index (χ4n) is 2.63. The van der Waals surface area contributed by atoms with E-state index in [1.165, 1.54) is 6.08 Å². The van der Waals surface area contributed by atoms with Crippen molar-refractivity contribution in [3.63, 3.8) is 0 Å². The second kappa shape index (κ2) is 11.3. The molecule has 1 heterocycles. The smallest absolute Gasteiger partial charge is 0.243 e. The fourth-order valence-corrected chi connectivity index (χ4v) is 2.63. The second-order valence-electron chi connectivity index (χ2n) is 5.94. The number of nitrogens with one attached hydrogen (secondary N) is 1. The molecule has 1 amide bonds. The third-order valence-electron chi connectivity index (χ3n) is 4.03. The van der Waals surface area contributed by atoms with Gasteiger partial charge in [0.05, 0.1) is 20.3 Å². The summed E-state index contributed by atoms with van der Waals surface area (Å²) in [5.74, 6) is 1.18. The maximum Gasteiger partial charge on any atom is 0.243 e. The highest BCUT2D eigenvalue weighted by Gasteiger charge is 2.09. The Morgan fingerprint density at radius 1 is 1.35 bits per heavy atom. The van der Waals surface area contributed by atoms with E-state index in [4.69, 9.17) is 14.2 Å². The normalized spacial score (nSPS) is 15.0. The van der Waals surface area contributed by atoms with Gasteiger partial charge in [-0.15, -0.1) is 0 Å². The van der Waals surface area contributed by atoms with Crippen molar-refractivity contribution in [3.05, 3.63) is 42.5 Å². The van der Waals surface area contributed by atoms with Gasteiger partial charge < -0.3 is 19.5 Å². The molecule has 0 aliphatic carbocycles. The van der Waals surface area contributed by atoms with Gasteiger partial charge in [0.25, 0.3) is 0 Å². The Morgan fingerprint density at radius 3 is 2.88 bits per heavy atom. The number of amides is 1. The number of rotatable bonds is 10. The van der Waals surface area contributed by atoms with Gasteiger partial charge in [-0.1, -0.05) is 18.7 Å². The number of methoxy groups -OCH3 is 1. The van der Waals surface area contributed by atoms with Crippen molar-refractivity contribution in [1.29, 1.82) is 0 Å². The molecule has 1 aliphatic heterocycles. The van der Waals surface area contributed by atoms with Crippen molar-refractivity contribution < 1.29 is 19.0 Å². The third-order valence-corrected chi connectivity index (χ3v) is 4.03. The Morgan fingerprint density at radius 2 is 2.15 bits per heavy atom. The Balaban J connectivity index is 1.75. The van der Waals surface area contributed by atoms with Gasteiger partial charge in [-0.25, -0.2) is 0 Å². The van der Waals surface area contributed by atoms with E-state index in [2.05, 4.69) is 16.8 Å². The van der Waals surface area contributed by atoms with Crippen LogP contribution < -0.4 is 14.8 Å². The molecule has 6 heteroatoms. The summed E-state index contributed by atoms with van der Waals surface area (Å²) in [6.07, 6.45) is 5.91. The van der Waals surface area contributed by atoms with Crippen LogP contribution in [0.4, 0.5) is 0 Å². The molecule has 0 bridgehead atoms. The summed E-state index contributed by atoms with van der Waals surface area (Å²) >= 11 is 0. The number of carbonyl (C=O) groups is 1. The molecule has 26 heavy (non-hydrogen) atoms. The van der Waals surface area contributed by atoms with Crippen molar-refractivity contribution >= 4 is 12.0 Å².